The van der Waals surface area contributed by atoms with Crippen LogP contribution in [0, 0.1) is 4.77 Å². The summed E-state index contributed by atoms with van der Waals surface area (Å²) in [5, 5.41) is 2.39. The van der Waals surface area contributed by atoms with Crippen molar-refractivity contribution in [2.75, 3.05) is 6.54 Å². The van der Waals surface area contributed by atoms with E-state index in [4.69, 9.17) is 18.0 Å². The number of carbonyl (C=O) groups excluding carboxylic acids is 1. The average Bonchev–Trinajstić information content (AvgIpc) is 2.63. The third-order valence-electron chi connectivity index (χ3n) is 2.74. The SMILES string of the molecule is NC(=O)NCCn1c(=S)[nH]c2cc(C(F)(F)F)ccc21. The molecule has 0 fully saturated rings. The molecule has 108 valence electrons. The molecule has 0 unspecified atom stereocenters. The standard InChI is InChI=1S/C11H11F3N4OS/c12-11(13,14)6-1-2-8-7(5-6)17-10(20)18(8)4-3-16-9(15)19/h1-2,5H,3-4H2,(H,17,20)(H3,15,16,19). The molecule has 0 aliphatic rings. The van der Waals surface area contributed by atoms with Crippen molar-refractivity contribution in [3.8, 4) is 0 Å². The number of rotatable bonds is 3. The largest absolute Gasteiger partial charge is 0.416 e. The number of nitrogens with one attached hydrogen (secondary N) is 2. The maximum atomic E-state index is 12.6. The first-order valence-electron chi connectivity index (χ1n) is 5.62. The van der Waals surface area contributed by atoms with Crippen molar-refractivity contribution in [2.24, 2.45) is 5.73 Å². The molecule has 0 aliphatic carbocycles. The van der Waals surface area contributed by atoms with Gasteiger partial charge in [-0.05, 0) is 30.4 Å². The van der Waals surface area contributed by atoms with Crippen LogP contribution in [0.3, 0.4) is 0 Å². The Morgan fingerprint density at radius 1 is 1.45 bits per heavy atom. The highest BCUT2D eigenvalue weighted by Gasteiger charge is 2.30. The fourth-order valence-corrected chi connectivity index (χ4v) is 2.15. The number of benzene rings is 1. The number of carbonyl (C=O) groups is 1. The normalized spacial score (nSPS) is 11.8. The number of H-pyrrole nitrogens is 1. The number of halogens is 3. The molecule has 0 aliphatic heterocycles. The van der Waals surface area contributed by atoms with Crippen LogP contribution in [-0.2, 0) is 12.7 Å². The lowest BCUT2D eigenvalue weighted by molar-refractivity contribution is -0.137. The molecule has 2 rings (SSSR count). The van der Waals surface area contributed by atoms with Gasteiger partial charge in [-0.3, -0.25) is 0 Å². The Balaban J connectivity index is 2.35. The first kappa shape index (κ1) is 14.4. The molecule has 0 saturated heterocycles. The van der Waals surface area contributed by atoms with Gasteiger partial charge in [-0.15, -0.1) is 0 Å². The number of amides is 2. The summed E-state index contributed by atoms with van der Waals surface area (Å²) >= 11 is 5.05. The highest BCUT2D eigenvalue weighted by atomic mass is 32.1. The number of imidazole rings is 1. The second-order valence-electron chi connectivity index (χ2n) is 4.10. The topological polar surface area (TPSA) is 75.8 Å². The number of alkyl halides is 3. The fourth-order valence-electron chi connectivity index (χ4n) is 1.85. The number of hydrogen-bond acceptors (Lipinski definition) is 2. The van der Waals surface area contributed by atoms with Gasteiger partial charge in [0.15, 0.2) is 4.77 Å². The lowest BCUT2D eigenvalue weighted by atomic mass is 10.2. The maximum Gasteiger partial charge on any atom is 0.416 e. The smallest absolute Gasteiger partial charge is 0.352 e. The summed E-state index contributed by atoms with van der Waals surface area (Å²) in [4.78, 5) is 13.3. The van der Waals surface area contributed by atoms with Gasteiger partial charge in [0.25, 0.3) is 0 Å². The molecule has 1 aromatic heterocycles. The number of primary amides is 1. The third kappa shape index (κ3) is 2.93. The van der Waals surface area contributed by atoms with Gasteiger partial charge in [0.1, 0.15) is 0 Å². The Kier molecular flexibility index (Phi) is 3.71. The molecule has 9 heteroatoms. The average molecular weight is 304 g/mol. The van der Waals surface area contributed by atoms with Crippen LogP contribution in [0.1, 0.15) is 5.56 Å². The molecule has 5 nitrogen and oxygen atoms in total. The molecule has 0 atom stereocenters. The van der Waals surface area contributed by atoms with E-state index in [0.717, 1.165) is 12.1 Å². The predicted molar refractivity (Wildman–Crippen MR) is 69.7 cm³/mol. The van der Waals surface area contributed by atoms with Crippen LogP contribution in [0.25, 0.3) is 11.0 Å². The highest BCUT2D eigenvalue weighted by Crippen LogP contribution is 2.31. The number of nitrogens with zero attached hydrogens (tertiary/aromatic N) is 1. The second-order valence-corrected chi connectivity index (χ2v) is 4.49. The maximum absolute atomic E-state index is 12.6. The van der Waals surface area contributed by atoms with Gasteiger partial charge >= 0.3 is 12.2 Å². The summed E-state index contributed by atoms with van der Waals surface area (Å²) in [6.45, 7) is 0.546. The Morgan fingerprint density at radius 3 is 2.75 bits per heavy atom. The van der Waals surface area contributed by atoms with E-state index in [-0.39, 0.29) is 11.3 Å². The van der Waals surface area contributed by atoms with E-state index in [0.29, 0.717) is 17.6 Å². The minimum Gasteiger partial charge on any atom is -0.352 e. The van der Waals surface area contributed by atoms with E-state index >= 15 is 0 Å². The first-order chi connectivity index (χ1) is 9.29. The van der Waals surface area contributed by atoms with E-state index < -0.39 is 17.8 Å². The van der Waals surface area contributed by atoms with E-state index in [2.05, 4.69) is 10.3 Å². The summed E-state index contributed by atoms with van der Waals surface area (Å²) in [5.41, 5.74) is 5.02. The number of aromatic amines is 1. The quantitative estimate of drug-likeness (QED) is 0.762. The number of hydrogen-bond donors (Lipinski definition) is 3. The van der Waals surface area contributed by atoms with Crippen molar-refractivity contribution < 1.29 is 18.0 Å². The zero-order valence-corrected chi connectivity index (χ0v) is 10.9. The van der Waals surface area contributed by atoms with E-state index in [1.807, 2.05) is 0 Å². The van der Waals surface area contributed by atoms with Crippen molar-refractivity contribution in [1.29, 1.82) is 0 Å². The van der Waals surface area contributed by atoms with E-state index in [1.165, 1.54) is 6.07 Å². The highest BCUT2D eigenvalue weighted by molar-refractivity contribution is 7.71. The first-order valence-corrected chi connectivity index (χ1v) is 6.03. The number of urea groups is 1. The van der Waals surface area contributed by atoms with Crippen molar-refractivity contribution in [3.63, 3.8) is 0 Å². The lowest BCUT2D eigenvalue weighted by Crippen LogP contribution is -2.32. The molecule has 2 aromatic rings. The van der Waals surface area contributed by atoms with Gasteiger partial charge < -0.3 is 20.6 Å². The molecule has 2 amide bonds. The Hall–Kier alpha value is -2.03. The summed E-state index contributed by atoms with van der Waals surface area (Å²) < 4.78 is 39.7. The van der Waals surface area contributed by atoms with Gasteiger partial charge in [-0.25, -0.2) is 4.79 Å². The number of nitrogens with two attached hydrogens (primary N) is 1. The Bertz CT molecular complexity index is 704. The third-order valence-corrected chi connectivity index (χ3v) is 3.06. The van der Waals surface area contributed by atoms with Crippen molar-refractivity contribution in [1.82, 2.24) is 14.9 Å². The summed E-state index contributed by atoms with van der Waals surface area (Å²) in [5.74, 6) is 0. The van der Waals surface area contributed by atoms with Crippen LogP contribution in [0.15, 0.2) is 18.2 Å². The lowest BCUT2D eigenvalue weighted by Gasteiger charge is -2.07. The zero-order valence-electron chi connectivity index (χ0n) is 10.1. The van der Waals surface area contributed by atoms with Gasteiger partial charge in [0.2, 0.25) is 0 Å². The van der Waals surface area contributed by atoms with Crippen LogP contribution in [-0.4, -0.2) is 22.1 Å². The van der Waals surface area contributed by atoms with Crippen LogP contribution in [0.2, 0.25) is 0 Å². The molecule has 1 aromatic carbocycles. The molecule has 1 heterocycles. The second kappa shape index (κ2) is 5.16. The molecular formula is C11H11F3N4OS. The monoisotopic (exact) mass is 304 g/mol. The molecule has 0 spiro atoms. The Labute approximate surface area is 116 Å². The Morgan fingerprint density at radius 2 is 2.15 bits per heavy atom. The van der Waals surface area contributed by atoms with Gasteiger partial charge in [-0.2, -0.15) is 13.2 Å². The van der Waals surface area contributed by atoms with E-state index in [9.17, 15) is 18.0 Å². The predicted octanol–water partition coefficient (Wildman–Crippen LogP) is 2.39. The number of aromatic nitrogens is 2. The summed E-state index contributed by atoms with van der Waals surface area (Å²) in [6.07, 6.45) is -4.40. The van der Waals surface area contributed by atoms with E-state index in [1.54, 1.807) is 4.57 Å². The minimum atomic E-state index is -4.40. The number of fused-ring (bicyclic) bond motifs is 1. The van der Waals surface area contributed by atoms with Crippen LogP contribution < -0.4 is 11.1 Å². The molecule has 0 saturated carbocycles. The summed E-state index contributed by atoms with van der Waals surface area (Å²) in [6, 6.07) is 2.66. The van der Waals surface area contributed by atoms with Crippen molar-refractivity contribution in [3.05, 3.63) is 28.5 Å². The van der Waals surface area contributed by atoms with Crippen LogP contribution in [0.4, 0.5) is 18.0 Å². The van der Waals surface area contributed by atoms with Crippen molar-refractivity contribution in [2.45, 2.75) is 12.7 Å². The fraction of sp³-hybridized carbons (Fsp3) is 0.273. The molecule has 4 N–H and O–H groups in total. The molecule has 0 bridgehead atoms. The van der Waals surface area contributed by atoms with Gasteiger partial charge in [0, 0.05) is 13.1 Å². The van der Waals surface area contributed by atoms with Crippen LogP contribution >= 0.6 is 12.2 Å². The zero-order chi connectivity index (χ0) is 14.9. The van der Waals surface area contributed by atoms with Crippen molar-refractivity contribution >= 4 is 29.3 Å². The van der Waals surface area contributed by atoms with Gasteiger partial charge in [0.05, 0.1) is 16.6 Å². The molecule has 20 heavy (non-hydrogen) atoms. The molecule has 0 radical (unpaired) electrons. The summed E-state index contributed by atoms with van der Waals surface area (Å²) in [7, 11) is 0. The van der Waals surface area contributed by atoms with Gasteiger partial charge in [-0.1, -0.05) is 0 Å². The van der Waals surface area contributed by atoms with Crippen LogP contribution in [0.5, 0.6) is 0 Å². The minimum absolute atomic E-state index is 0.234. The molecular weight excluding hydrogens is 293 g/mol.